The Balaban J connectivity index is 2.70. The highest BCUT2D eigenvalue weighted by Crippen LogP contribution is 2.25. The summed E-state index contributed by atoms with van der Waals surface area (Å²) in [4.78, 5) is 0. The van der Waals surface area contributed by atoms with Gasteiger partial charge in [-0.25, -0.2) is 0 Å². The second kappa shape index (κ2) is 4.01. The van der Waals surface area contributed by atoms with E-state index in [2.05, 4.69) is 46.3 Å². The summed E-state index contributed by atoms with van der Waals surface area (Å²) in [7, 11) is 1.69. The largest absolute Gasteiger partial charge is 0.497 e. The molecule has 0 unspecified atom stereocenters. The summed E-state index contributed by atoms with van der Waals surface area (Å²) in [5.41, 5.74) is 1.29. The van der Waals surface area contributed by atoms with Gasteiger partial charge < -0.3 is 4.74 Å². The molecule has 0 atom stereocenters. The van der Waals surface area contributed by atoms with Crippen molar-refractivity contribution in [2.24, 2.45) is 0 Å². The quantitative estimate of drug-likeness (QED) is 0.738. The van der Waals surface area contributed by atoms with Gasteiger partial charge in [0.25, 0.3) is 0 Å². The molecule has 0 fully saturated rings. The lowest BCUT2D eigenvalue weighted by Gasteiger charge is -2.05. The summed E-state index contributed by atoms with van der Waals surface area (Å²) in [6, 6.07) is 12.5. The maximum Gasteiger partial charge on any atom is 0.119 e. The van der Waals surface area contributed by atoms with Crippen molar-refractivity contribution in [3.8, 4) is 5.75 Å². The van der Waals surface area contributed by atoms with E-state index in [0.717, 1.165) is 11.1 Å². The molecule has 0 aliphatic heterocycles. The van der Waals surface area contributed by atoms with Gasteiger partial charge in [-0.05, 0) is 28.5 Å². The van der Waals surface area contributed by atoms with Crippen LogP contribution < -0.4 is 4.74 Å². The van der Waals surface area contributed by atoms with Crippen molar-refractivity contribution < 1.29 is 4.74 Å². The van der Waals surface area contributed by atoms with Crippen molar-refractivity contribution in [1.82, 2.24) is 0 Å². The molecule has 0 amide bonds. The molecule has 0 saturated heterocycles. The molecule has 14 heavy (non-hydrogen) atoms. The summed E-state index contributed by atoms with van der Waals surface area (Å²) >= 11 is 3.48. The molecule has 0 aliphatic rings. The van der Waals surface area contributed by atoms with Gasteiger partial charge in [0, 0.05) is 5.33 Å². The molecular formula is C12H11BrO. The Hall–Kier alpha value is -1.02. The van der Waals surface area contributed by atoms with Gasteiger partial charge in [-0.2, -0.15) is 0 Å². The maximum absolute atomic E-state index is 5.21. The van der Waals surface area contributed by atoms with E-state index in [4.69, 9.17) is 4.74 Å². The van der Waals surface area contributed by atoms with E-state index in [1.807, 2.05) is 6.07 Å². The van der Waals surface area contributed by atoms with E-state index < -0.39 is 0 Å². The Morgan fingerprint density at radius 1 is 1.21 bits per heavy atom. The van der Waals surface area contributed by atoms with E-state index in [-0.39, 0.29) is 0 Å². The fourth-order valence-corrected chi connectivity index (χ4v) is 2.05. The van der Waals surface area contributed by atoms with Crippen molar-refractivity contribution in [1.29, 1.82) is 0 Å². The number of hydrogen-bond acceptors (Lipinski definition) is 1. The first-order valence-electron chi connectivity index (χ1n) is 4.47. The second-order valence-electron chi connectivity index (χ2n) is 3.14. The molecule has 1 nitrogen and oxygen atoms in total. The lowest BCUT2D eigenvalue weighted by atomic mass is 10.1. The zero-order valence-electron chi connectivity index (χ0n) is 7.96. The van der Waals surface area contributed by atoms with Gasteiger partial charge in [-0.15, -0.1) is 0 Å². The highest BCUT2D eigenvalue weighted by atomic mass is 79.9. The van der Waals surface area contributed by atoms with Gasteiger partial charge in [0.2, 0.25) is 0 Å². The van der Waals surface area contributed by atoms with Gasteiger partial charge in [0.1, 0.15) is 5.75 Å². The summed E-state index contributed by atoms with van der Waals surface area (Å²) in [6.07, 6.45) is 0. The van der Waals surface area contributed by atoms with Gasteiger partial charge >= 0.3 is 0 Å². The monoisotopic (exact) mass is 250 g/mol. The minimum absolute atomic E-state index is 0.873. The molecule has 0 aliphatic carbocycles. The van der Waals surface area contributed by atoms with Crippen LogP contribution in [-0.2, 0) is 5.33 Å². The van der Waals surface area contributed by atoms with Gasteiger partial charge in [0.15, 0.2) is 0 Å². The Kier molecular flexibility index (Phi) is 2.73. The van der Waals surface area contributed by atoms with Crippen molar-refractivity contribution in [3.05, 3.63) is 42.0 Å². The topological polar surface area (TPSA) is 9.23 Å². The Bertz CT molecular complexity index is 451. The predicted molar refractivity (Wildman–Crippen MR) is 63.1 cm³/mol. The molecule has 0 heterocycles. The number of halogens is 1. The van der Waals surface area contributed by atoms with Crippen LogP contribution in [0.4, 0.5) is 0 Å². The average molecular weight is 251 g/mol. The summed E-state index contributed by atoms with van der Waals surface area (Å²) in [5.74, 6) is 0.908. The number of ether oxygens (including phenoxy) is 1. The Morgan fingerprint density at radius 2 is 2.07 bits per heavy atom. The minimum atomic E-state index is 0.873. The van der Waals surface area contributed by atoms with Crippen LogP contribution in [0, 0.1) is 0 Å². The number of alkyl halides is 1. The fraction of sp³-hybridized carbons (Fsp3) is 0.167. The van der Waals surface area contributed by atoms with Crippen LogP contribution in [0.15, 0.2) is 36.4 Å². The number of rotatable bonds is 2. The Labute approximate surface area is 91.8 Å². The maximum atomic E-state index is 5.21. The molecule has 0 radical (unpaired) electrons. The van der Waals surface area contributed by atoms with Crippen LogP contribution in [0.25, 0.3) is 10.8 Å². The normalized spacial score (nSPS) is 10.4. The smallest absolute Gasteiger partial charge is 0.119 e. The molecule has 2 aromatic carbocycles. The number of methoxy groups -OCH3 is 1. The first kappa shape index (κ1) is 9.53. The van der Waals surface area contributed by atoms with E-state index in [1.54, 1.807) is 7.11 Å². The van der Waals surface area contributed by atoms with Crippen molar-refractivity contribution in [2.75, 3.05) is 7.11 Å². The van der Waals surface area contributed by atoms with Crippen LogP contribution in [-0.4, -0.2) is 7.11 Å². The zero-order chi connectivity index (χ0) is 9.97. The molecule has 0 saturated carbocycles. The second-order valence-corrected chi connectivity index (χ2v) is 3.70. The van der Waals surface area contributed by atoms with Gasteiger partial charge in [0.05, 0.1) is 7.11 Å². The number of hydrogen-bond donors (Lipinski definition) is 0. The molecule has 0 N–H and O–H groups in total. The molecule has 72 valence electrons. The highest BCUT2D eigenvalue weighted by Gasteiger charge is 2.00. The average Bonchev–Trinajstić information content (AvgIpc) is 2.27. The third-order valence-corrected chi connectivity index (χ3v) is 2.93. The van der Waals surface area contributed by atoms with E-state index >= 15 is 0 Å². The summed E-state index contributed by atoms with van der Waals surface area (Å²) < 4.78 is 5.21. The lowest BCUT2D eigenvalue weighted by Crippen LogP contribution is -1.85. The van der Waals surface area contributed by atoms with Crippen LogP contribution in [0.5, 0.6) is 5.75 Å². The molecule has 0 spiro atoms. The Morgan fingerprint density at radius 3 is 2.79 bits per heavy atom. The fourth-order valence-electron chi connectivity index (χ4n) is 1.56. The minimum Gasteiger partial charge on any atom is -0.497 e. The first-order chi connectivity index (χ1) is 6.85. The van der Waals surface area contributed by atoms with Crippen molar-refractivity contribution >= 4 is 26.7 Å². The number of fused-ring (bicyclic) bond motifs is 1. The van der Waals surface area contributed by atoms with Gasteiger partial charge in [-0.1, -0.05) is 40.2 Å². The zero-order valence-corrected chi connectivity index (χ0v) is 9.54. The summed E-state index contributed by atoms with van der Waals surface area (Å²) in [5, 5.41) is 3.38. The standard InChI is InChI=1S/C12H11BrO/c1-14-11-6-5-9-3-2-4-10(8-13)12(9)7-11/h2-7H,8H2,1H3. The highest BCUT2D eigenvalue weighted by molar-refractivity contribution is 9.08. The first-order valence-corrected chi connectivity index (χ1v) is 5.59. The predicted octanol–water partition coefficient (Wildman–Crippen LogP) is 3.74. The molecule has 2 heteroatoms. The summed E-state index contributed by atoms with van der Waals surface area (Å²) in [6.45, 7) is 0. The molecule has 0 bridgehead atoms. The van der Waals surface area contributed by atoms with E-state index in [1.165, 1.54) is 16.3 Å². The van der Waals surface area contributed by atoms with Crippen LogP contribution in [0.3, 0.4) is 0 Å². The van der Waals surface area contributed by atoms with E-state index in [0.29, 0.717) is 0 Å². The number of benzene rings is 2. The van der Waals surface area contributed by atoms with Crippen molar-refractivity contribution in [2.45, 2.75) is 5.33 Å². The molecule has 2 rings (SSSR count). The van der Waals surface area contributed by atoms with Crippen LogP contribution in [0.1, 0.15) is 5.56 Å². The lowest BCUT2D eigenvalue weighted by molar-refractivity contribution is 0.415. The van der Waals surface area contributed by atoms with E-state index in [9.17, 15) is 0 Å². The molecule has 0 aromatic heterocycles. The molecule has 2 aromatic rings. The third kappa shape index (κ3) is 1.62. The SMILES string of the molecule is COc1ccc2cccc(CBr)c2c1. The van der Waals surface area contributed by atoms with Crippen molar-refractivity contribution in [3.63, 3.8) is 0 Å². The van der Waals surface area contributed by atoms with Gasteiger partial charge in [-0.3, -0.25) is 0 Å². The van der Waals surface area contributed by atoms with Crippen LogP contribution in [0.2, 0.25) is 0 Å². The molecular weight excluding hydrogens is 240 g/mol. The van der Waals surface area contributed by atoms with Crippen LogP contribution >= 0.6 is 15.9 Å². The third-order valence-electron chi connectivity index (χ3n) is 2.32.